The van der Waals surface area contributed by atoms with Crippen LogP contribution in [0.2, 0.25) is 0 Å². The van der Waals surface area contributed by atoms with Crippen LogP contribution in [-0.4, -0.2) is 17.0 Å². The molecule has 2 heterocycles. The van der Waals surface area contributed by atoms with Gasteiger partial charge in [0.05, 0.1) is 12.1 Å². The summed E-state index contributed by atoms with van der Waals surface area (Å²) in [5.41, 5.74) is 1.35. The molecule has 0 fully saturated rings. The smallest absolute Gasteiger partial charge is 0.157 e. The maximum Gasteiger partial charge on any atom is 0.157 e. The van der Waals surface area contributed by atoms with E-state index in [1.54, 1.807) is 11.3 Å². The lowest BCUT2D eigenvalue weighted by Crippen LogP contribution is -2.22. The van der Waals surface area contributed by atoms with Gasteiger partial charge in [-0.2, -0.15) is 11.3 Å². The molecule has 0 saturated heterocycles. The molecule has 1 aliphatic rings. The number of amidine groups is 1. The Labute approximate surface area is 106 Å². The maximum atomic E-state index is 4.71. The maximum absolute atomic E-state index is 4.71. The van der Waals surface area contributed by atoms with Crippen LogP contribution in [0.1, 0.15) is 32.4 Å². The fourth-order valence-electron chi connectivity index (χ4n) is 1.60. The van der Waals surface area contributed by atoms with E-state index in [0.717, 1.165) is 10.9 Å². The lowest BCUT2D eigenvalue weighted by Gasteiger charge is -2.12. The van der Waals surface area contributed by atoms with Gasteiger partial charge < -0.3 is 5.32 Å². The topological polar surface area (TPSA) is 24.4 Å². The lowest BCUT2D eigenvalue weighted by atomic mass is 10.1. The molecule has 2 rings (SSSR count). The van der Waals surface area contributed by atoms with E-state index in [9.17, 15) is 0 Å². The summed E-state index contributed by atoms with van der Waals surface area (Å²) in [5, 5.41) is 8.91. The van der Waals surface area contributed by atoms with Gasteiger partial charge in [0.2, 0.25) is 0 Å². The zero-order valence-electron chi connectivity index (χ0n) is 9.93. The number of aliphatic imine (C=N–C) groups is 1. The van der Waals surface area contributed by atoms with Crippen LogP contribution in [0.25, 0.3) is 0 Å². The van der Waals surface area contributed by atoms with Crippen LogP contribution >= 0.6 is 23.1 Å². The molecule has 88 valence electrons. The van der Waals surface area contributed by atoms with Crippen LogP contribution in [0.4, 0.5) is 0 Å². The number of nitrogens with one attached hydrogen (secondary N) is 1. The Morgan fingerprint density at radius 3 is 2.81 bits per heavy atom. The number of thioether (sulfide) groups is 1. The van der Waals surface area contributed by atoms with E-state index in [0.29, 0.717) is 18.0 Å². The Morgan fingerprint density at radius 1 is 1.44 bits per heavy atom. The summed E-state index contributed by atoms with van der Waals surface area (Å²) in [5.74, 6) is 1.76. The summed E-state index contributed by atoms with van der Waals surface area (Å²) in [6.45, 7) is 6.66. The van der Waals surface area contributed by atoms with Crippen molar-refractivity contribution in [2.45, 2.75) is 32.9 Å². The van der Waals surface area contributed by atoms with Gasteiger partial charge in [-0.15, -0.1) is 0 Å². The number of rotatable bonds is 3. The highest BCUT2D eigenvalue weighted by Gasteiger charge is 2.22. The number of hydrogen-bond acceptors (Lipinski definition) is 4. The molecule has 0 amide bonds. The molecule has 0 aromatic carbocycles. The van der Waals surface area contributed by atoms with Crippen molar-refractivity contribution in [2.75, 3.05) is 5.75 Å². The van der Waals surface area contributed by atoms with Gasteiger partial charge >= 0.3 is 0 Å². The predicted molar refractivity (Wildman–Crippen MR) is 74.4 cm³/mol. The Kier molecular flexibility index (Phi) is 3.92. The van der Waals surface area contributed by atoms with Crippen molar-refractivity contribution in [2.24, 2.45) is 10.9 Å². The van der Waals surface area contributed by atoms with Crippen molar-refractivity contribution < 1.29 is 0 Å². The molecule has 0 aliphatic carbocycles. The molecule has 1 unspecified atom stereocenters. The molecular formula is C12H18N2S2. The third-order valence-corrected chi connectivity index (χ3v) is 4.53. The van der Waals surface area contributed by atoms with Crippen LogP contribution < -0.4 is 5.32 Å². The quantitative estimate of drug-likeness (QED) is 0.892. The van der Waals surface area contributed by atoms with Crippen LogP contribution in [0.5, 0.6) is 0 Å². The summed E-state index contributed by atoms with van der Waals surface area (Å²) in [4.78, 5) is 4.71. The predicted octanol–water partition coefficient (Wildman–Crippen LogP) is 3.53. The molecule has 1 N–H and O–H groups in total. The monoisotopic (exact) mass is 254 g/mol. The van der Waals surface area contributed by atoms with Gasteiger partial charge in [-0.25, -0.2) is 0 Å². The summed E-state index contributed by atoms with van der Waals surface area (Å²) < 4.78 is 0. The second kappa shape index (κ2) is 5.23. The molecule has 0 bridgehead atoms. The number of hydrogen-bond donors (Lipinski definition) is 1. The van der Waals surface area contributed by atoms with E-state index < -0.39 is 0 Å². The van der Waals surface area contributed by atoms with Gasteiger partial charge in [0.1, 0.15) is 0 Å². The molecule has 4 heteroatoms. The van der Waals surface area contributed by atoms with Gasteiger partial charge in [-0.05, 0) is 35.2 Å². The highest BCUT2D eigenvalue weighted by Crippen LogP contribution is 2.24. The average Bonchev–Trinajstić information content (AvgIpc) is 2.87. The van der Waals surface area contributed by atoms with E-state index in [1.807, 2.05) is 11.8 Å². The van der Waals surface area contributed by atoms with Gasteiger partial charge in [0.15, 0.2) is 5.17 Å². The molecule has 2 atom stereocenters. The second-order valence-corrected chi connectivity index (χ2v) is 6.27. The van der Waals surface area contributed by atoms with Crippen LogP contribution in [0.15, 0.2) is 21.8 Å². The third kappa shape index (κ3) is 2.80. The largest absolute Gasteiger partial charge is 0.358 e. The molecule has 0 saturated carbocycles. The van der Waals surface area contributed by atoms with Crippen molar-refractivity contribution in [1.29, 1.82) is 0 Å². The fraction of sp³-hybridized carbons (Fsp3) is 0.583. The first kappa shape index (κ1) is 12.0. The zero-order chi connectivity index (χ0) is 11.5. The minimum Gasteiger partial charge on any atom is -0.358 e. The third-order valence-electron chi connectivity index (χ3n) is 2.83. The van der Waals surface area contributed by atoms with Crippen LogP contribution in [-0.2, 0) is 0 Å². The molecule has 1 aromatic heterocycles. The first-order valence-electron chi connectivity index (χ1n) is 5.66. The Morgan fingerprint density at radius 2 is 2.25 bits per heavy atom. The minimum atomic E-state index is 0.364. The molecule has 0 spiro atoms. The average molecular weight is 254 g/mol. The van der Waals surface area contributed by atoms with Crippen molar-refractivity contribution in [3.63, 3.8) is 0 Å². The highest BCUT2D eigenvalue weighted by molar-refractivity contribution is 8.14. The van der Waals surface area contributed by atoms with E-state index in [4.69, 9.17) is 4.99 Å². The Bertz CT molecular complexity index is 357. The molecule has 0 radical (unpaired) electrons. The molecule has 1 aromatic rings. The van der Waals surface area contributed by atoms with Gasteiger partial charge in [-0.1, -0.05) is 25.6 Å². The zero-order valence-corrected chi connectivity index (χ0v) is 11.6. The van der Waals surface area contributed by atoms with Crippen molar-refractivity contribution >= 4 is 28.3 Å². The summed E-state index contributed by atoms with van der Waals surface area (Å²) in [6, 6.07) is 3.02. The highest BCUT2D eigenvalue weighted by atomic mass is 32.2. The van der Waals surface area contributed by atoms with E-state index in [-0.39, 0.29) is 0 Å². The molecular weight excluding hydrogens is 236 g/mol. The van der Waals surface area contributed by atoms with E-state index in [1.165, 1.54) is 5.56 Å². The van der Waals surface area contributed by atoms with Gasteiger partial charge in [-0.3, -0.25) is 4.99 Å². The lowest BCUT2D eigenvalue weighted by molar-refractivity contribution is 0.541. The SMILES string of the molecule is CC(NC1=N[C@@H](C(C)C)CS1)c1ccsc1. The second-order valence-electron chi connectivity index (χ2n) is 4.48. The summed E-state index contributed by atoms with van der Waals surface area (Å²) in [6.07, 6.45) is 0. The standard InChI is InChI=1S/C12H18N2S2/c1-8(2)11-7-16-12(14-11)13-9(3)10-4-5-15-6-10/h4-6,8-9,11H,7H2,1-3H3,(H,13,14)/t9?,11-/m1/s1. The van der Waals surface area contributed by atoms with Crippen molar-refractivity contribution in [3.05, 3.63) is 22.4 Å². The summed E-state index contributed by atoms with van der Waals surface area (Å²) >= 11 is 3.59. The molecule has 16 heavy (non-hydrogen) atoms. The molecule has 2 nitrogen and oxygen atoms in total. The first-order valence-corrected chi connectivity index (χ1v) is 7.59. The van der Waals surface area contributed by atoms with Crippen LogP contribution in [0.3, 0.4) is 0 Å². The van der Waals surface area contributed by atoms with E-state index in [2.05, 4.69) is 42.9 Å². The van der Waals surface area contributed by atoms with E-state index >= 15 is 0 Å². The first-order chi connectivity index (χ1) is 7.66. The molecule has 1 aliphatic heterocycles. The Hall–Kier alpha value is -0.480. The fourth-order valence-corrected chi connectivity index (χ4v) is 3.61. The van der Waals surface area contributed by atoms with Crippen molar-refractivity contribution in [1.82, 2.24) is 5.32 Å². The normalized spacial score (nSPS) is 22.2. The summed E-state index contributed by atoms with van der Waals surface area (Å²) in [7, 11) is 0. The van der Waals surface area contributed by atoms with Crippen molar-refractivity contribution in [3.8, 4) is 0 Å². The minimum absolute atomic E-state index is 0.364. The van der Waals surface area contributed by atoms with Crippen LogP contribution in [0, 0.1) is 5.92 Å². The van der Waals surface area contributed by atoms with Gasteiger partial charge in [0, 0.05) is 5.75 Å². The van der Waals surface area contributed by atoms with Gasteiger partial charge in [0.25, 0.3) is 0 Å². The number of thiophene rings is 1. The number of nitrogens with zero attached hydrogens (tertiary/aromatic N) is 1. The Balaban J connectivity index is 1.94.